The molecule has 1 saturated heterocycles. The Morgan fingerprint density at radius 3 is 2.89 bits per heavy atom. The molecule has 19 heavy (non-hydrogen) atoms. The smallest absolute Gasteiger partial charge is 0.0547 e. The molecular weight excluding hydrogens is 234 g/mol. The Morgan fingerprint density at radius 1 is 1.37 bits per heavy atom. The average Bonchev–Trinajstić information content (AvgIpc) is 2.84. The van der Waals surface area contributed by atoms with Gasteiger partial charge in [0, 0.05) is 25.2 Å². The number of hydrogen-bond donors (Lipinski definition) is 1. The lowest BCUT2D eigenvalue weighted by Crippen LogP contribution is -2.29. The van der Waals surface area contributed by atoms with Gasteiger partial charge in [0.1, 0.15) is 0 Å². The zero-order valence-electron chi connectivity index (χ0n) is 12.5. The third kappa shape index (κ3) is 4.29. The van der Waals surface area contributed by atoms with Crippen LogP contribution in [0.3, 0.4) is 0 Å². The van der Waals surface area contributed by atoms with Gasteiger partial charge in [0.25, 0.3) is 0 Å². The molecule has 1 aromatic rings. The Balaban J connectivity index is 1.94. The van der Waals surface area contributed by atoms with E-state index >= 15 is 0 Å². The highest BCUT2D eigenvalue weighted by Gasteiger charge is 2.22. The van der Waals surface area contributed by atoms with Gasteiger partial charge in [-0.05, 0) is 37.9 Å². The summed E-state index contributed by atoms with van der Waals surface area (Å²) >= 11 is 0. The van der Waals surface area contributed by atoms with Gasteiger partial charge in [0.2, 0.25) is 0 Å². The minimum Gasteiger partial charge on any atom is -0.309 e. The number of pyridine rings is 1. The molecule has 0 radical (unpaired) electrons. The maximum Gasteiger partial charge on any atom is 0.0547 e. The van der Waals surface area contributed by atoms with Gasteiger partial charge in [-0.25, -0.2) is 0 Å². The number of likely N-dealkylation sites (tertiary alicyclic amines) is 1. The molecule has 0 amide bonds. The summed E-state index contributed by atoms with van der Waals surface area (Å²) < 4.78 is 0. The summed E-state index contributed by atoms with van der Waals surface area (Å²) in [6.07, 6.45) is 3.95. The highest BCUT2D eigenvalue weighted by atomic mass is 15.2. The van der Waals surface area contributed by atoms with Gasteiger partial charge in [0.15, 0.2) is 0 Å². The third-order valence-electron chi connectivity index (χ3n) is 3.89. The molecule has 1 aliphatic rings. The average molecular weight is 261 g/mol. The molecule has 1 aromatic heterocycles. The van der Waals surface area contributed by atoms with E-state index in [1.807, 2.05) is 0 Å². The molecular formula is C16H27N3. The maximum absolute atomic E-state index is 4.77. The number of rotatable bonds is 6. The van der Waals surface area contributed by atoms with Gasteiger partial charge >= 0.3 is 0 Å². The summed E-state index contributed by atoms with van der Waals surface area (Å²) in [4.78, 5) is 7.36. The van der Waals surface area contributed by atoms with Crippen LogP contribution in [0.2, 0.25) is 0 Å². The molecule has 1 unspecified atom stereocenters. The van der Waals surface area contributed by atoms with Gasteiger partial charge in [-0.15, -0.1) is 0 Å². The third-order valence-corrected chi connectivity index (χ3v) is 3.89. The Bertz CT molecular complexity index is 389. The predicted molar refractivity (Wildman–Crippen MR) is 79.9 cm³/mol. The van der Waals surface area contributed by atoms with E-state index in [2.05, 4.69) is 49.2 Å². The number of nitrogens with zero attached hydrogens (tertiary/aromatic N) is 2. The first-order chi connectivity index (χ1) is 9.19. The van der Waals surface area contributed by atoms with E-state index in [0.29, 0.717) is 6.04 Å². The van der Waals surface area contributed by atoms with Crippen LogP contribution < -0.4 is 5.32 Å². The Kier molecular flexibility index (Phi) is 5.34. The van der Waals surface area contributed by atoms with Crippen molar-refractivity contribution in [3.8, 4) is 0 Å². The van der Waals surface area contributed by atoms with Crippen LogP contribution in [-0.2, 0) is 13.1 Å². The minimum absolute atomic E-state index is 0.508. The second-order valence-corrected chi connectivity index (χ2v) is 5.83. The molecule has 0 spiro atoms. The summed E-state index contributed by atoms with van der Waals surface area (Å²) in [6.45, 7) is 9.73. The first-order valence-corrected chi connectivity index (χ1v) is 7.61. The number of aromatic nitrogens is 1. The van der Waals surface area contributed by atoms with Crippen molar-refractivity contribution in [1.82, 2.24) is 15.2 Å². The van der Waals surface area contributed by atoms with Crippen molar-refractivity contribution >= 4 is 0 Å². The van der Waals surface area contributed by atoms with Crippen LogP contribution in [0.1, 0.15) is 51.4 Å². The standard InChI is InChI=1S/C16H27N3/c1-4-16-9-6-10-19(16)12-15-8-5-7-14(18-15)11-17-13(2)3/h5,7-8,13,16-17H,4,6,9-12H2,1-3H3. The van der Waals surface area contributed by atoms with E-state index in [4.69, 9.17) is 4.98 Å². The van der Waals surface area contributed by atoms with E-state index in [1.54, 1.807) is 0 Å². The zero-order valence-corrected chi connectivity index (χ0v) is 12.5. The Morgan fingerprint density at radius 2 is 2.16 bits per heavy atom. The van der Waals surface area contributed by atoms with E-state index in [-0.39, 0.29) is 0 Å². The predicted octanol–water partition coefficient (Wildman–Crippen LogP) is 2.95. The summed E-state index contributed by atoms with van der Waals surface area (Å²) in [7, 11) is 0. The highest BCUT2D eigenvalue weighted by Crippen LogP contribution is 2.21. The molecule has 0 aromatic carbocycles. The van der Waals surface area contributed by atoms with Crippen molar-refractivity contribution in [2.75, 3.05) is 6.54 Å². The molecule has 2 heterocycles. The fraction of sp³-hybridized carbons (Fsp3) is 0.688. The van der Waals surface area contributed by atoms with Crippen molar-refractivity contribution in [2.24, 2.45) is 0 Å². The van der Waals surface area contributed by atoms with Crippen LogP contribution in [0.15, 0.2) is 18.2 Å². The highest BCUT2D eigenvalue weighted by molar-refractivity contribution is 5.11. The van der Waals surface area contributed by atoms with Gasteiger partial charge < -0.3 is 5.32 Å². The zero-order chi connectivity index (χ0) is 13.7. The van der Waals surface area contributed by atoms with E-state index in [1.165, 1.54) is 31.5 Å². The van der Waals surface area contributed by atoms with E-state index in [0.717, 1.165) is 24.8 Å². The molecule has 1 atom stereocenters. The van der Waals surface area contributed by atoms with Crippen molar-refractivity contribution in [1.29, 1.82) is 0 Å². The lowest BCUT2D eigenvalue weighted by molar-refractivity contribution is 0.237. The van der Waals surface area contributed by atoms with Crippen LogP contribution in [0.5, 0.6) is 0 Å². The van der Waals surface area contributed by atoms with Crippen molar-refractivity contribution < 1.29 is 0 Å². The lowest BCUT2D eigenvalue weighted by Gasteiger charge is -2.23. The van der Waals surface area contributed by atoms with Crippen LogP contribution in [0.4, 0.5) is 0 Å². The molecule has 0 aliphatic carbocycles. The van der Waals surface area contributed by atoms with Crippen LogP contribution in [-0.4, -0.2) is 28.5 Å². The second-order valence-electron chi connectivity index (χ2n) is 5.83. The van der Waals surface area contributed by atoms with Crippen LogP contribution >= 0.6 is 0 Å². The molecule has 2 rings (SSSR count). The summed E-state index contributed by atoms with van der Waals surface area (Å²) in [5, 5.41) is 3.43. The summed E-state index contributed by atoms with van der Waals surface area (Å²) in [5.41, 5.74) is 2.36. The van der Waals surface area contributed by atoms with Gasteiger partial charge in [-0.2, -0.15) is 0 Å². The summed E-state index contributed by atoms with van der Waals surface area (Å²) in [5.74, 6) is 0. The molecule has 1 fully saturated rings. The summed E-state index contributed by atoms with van der Waals surface area (Å²) in [6, 6.07) is 7.67. The number of nitrogens with one attached hydrogen (secondary N) is 1. The molecule has 0 saturated carbocycles. The van der Waals surface area contributed by atoms with E-state index in [9.17, 15) is 0 Å². The monoisotopic (exact) mass is 261 g/mol. The maximum atomic E-state index is 4.77. The molecule has 1 aliphatic heterocycles. The Labute approximate surface area is 117 Å². The largest absolute Gasteiger partial charge is 0.309 e. The van der Waals surface area contributed by atoms with E-state index < -0.39 is 0 Å². The fourth-order valence-electron chi connectivity index (χ4n) is 2.80. The Hall–Kier alpha value is -0.930. The van der Waals surface area contributed by atoms with Crippen molar-refractivity contribution in [2.45, 2.75) is 65.2 Å². The minimum atomic E-state index is 0.508. The number of hydrogen-bond acceptors (Lipinski definition) is 3. The van der Waals surface area contributed by atoms with Crippen molar-refractivity contribution in [3.05, 3.63) is 29.6 Å². The second kappa shape index (κ2) is 7.01. The van der Waals surface area contributed by atoms with Crippen LogP contribution in [0.25, 0.3) is 0 Å². The first-order valence-electron chi connectivity index (χ1n) is 7.61. The van der Waals surface area contributed by atoms with Crippen molar-refractivity contribution in [3.63, 3.8) is 0 Å². The van der Waals surface area contributed by atoms with Crippen LogP contribution in [0, 0.1) is 0 Å². The molecule has 3 nitrogen and oxygen atoms in total. The molecule has 1 N–H and O–H groups in total. The molecule has 106 valence electrons. The SMILES string of the molecule is CCC1CCCN1Cc1cccc(CNC(C)C)n1. The van der Waals surface area contributed by atoms with Gasteiger partial charge in [-0.1, -0.05) is 26.8 Å². The molecule has 3 heteroatoms. The first kappa shape index (κ1) is 14.5. The quantitative estimate of drug-likeness (QED) is 0.853. The topological polar surface area (TPSA) is 28.2 Å². The molecule has 0 bridgehead atoms. The lowest BCUT2D eigenvalue weighted by atomic mass is 10.1. The normalized spacial score (nSPS) is 20.3. The fourth-order valence-corrected chi connectivity index (χ4v) is 2.80. The van der Waals surface area contributed by atoms with Gasteiger partial charge in [-0.3, -0.25) is 9.88 Å². The van der Waals surface area contributed by atoms with Gasteiger partial charge in [0.05, 0.1) is 11.4 Å².